The highest BCUT2D eigenvalue weighted by Crippen LogP contribution is 2.17. The molecule has 17 heavy (non-hydrogen) atoms. The second-order valence-electron chi connectivity index (χ2n) is 4.29. The molecule has 4 heteroatoms. The van der Waals surface area contributed by atoms with Gasteiger partial charge in [0.25, 0.3) is 0 Å². The van der Waals surface area contributed by atoms with Gasteiger partial charge in [0.15, 0.2) is 0 Å². The third-order valence-electron chi connectivity index (χ3n) is 2.83. The first-order chi connectivity index (χ1) is 8.31. The normalized spacial score (nSPS) is 19.5. The summed E-state index contributed by atoms with van der Waals surface area (Å²) in [4.78, 5) is 4.49. The quantitative estimate of drug-likeness (QED) is 0.842. The van der Waals surface area contributed by atoms with Crippen LogP contribution >= 0.6 is 0 Å². The SMILES string of the molecule is CCc1cc(CNC)cc(OC2CCOC2)n1. The Morgan fingerprint density at radius 3 is 3.06 bits per heavy atom. The fourth-order valence-electron chi connectivity index (χ4n) is 1.94. The number of hydrogen-bond donors (Lipinski definition) is 1. The Bertz CT molecular complexity index is 362. The Balaban J connectivity index is 2.10. The molecular weight excluding hydrogens is 216 g/mol. The molecule has 1 saturated heterocycles. The first-order valence-electron chi connectivity index (χ1n) is 6.20. The van der Waals surface area contributed by atoms with E-state index in [9.17, 15) is 0 Å². The van der Waals surface area contributed by atoms with Gasteiger partial charge in [-0.15, -0.1) is 0 Å². The smallest absolute Gasteiger partial charge is 0.214 e. The third-order valence-corrected chi connectivity index (χ3v) is 2.83. The van der Waals surface area contributed by atoms with Crippen molar-refractivity contribution in [3.05, 3.63) is 23.4 Å². The fraction of sp³-hybridized carbons (Fsp3) is 0.615. The maximum Gasteiger partial charge on any atom is 0.214 e. The Labute approximate surface area is 102 Å². The van der Waals surface area contributed by atoms with E-state index in [0.717, 1.165) is 37.6 Å². The van der Waals surface area contributed by atoms with Crippen LogP contribution in [0.4, 0.5) is 0 Å². The van der Waals surface area contributed by atoms with Crippen LogP contribution in [-0.2, 0) is 17.7 Å². The summed E-state index contributed by atoms with van der Waals surface area (Å²) in [5.74, 6) is 0.727. The second kappa shape index (κ2) is 5.98. The van der Waals surface area contributed by atoms with E-state index in [1.165, 1.54) is 5.56 Å². The maximum atomic E-state index is 5.84. The summed E-state index contributed by atoms with van der Waals surface area (Å²) in [6.07, 6.45) is 2.05. The molecule has 1 N–H and O–H groups in total. The summed E-state index contributed by atoms with van der Waals surface area (Å²) in [6, 6.07) is 4.13. The number of hydrogen-bond acceptors (Lipinski definition) is 4. The van der Waals surface area contributed by atoms with Crippen LogP contribution < -0.4 is 10.1 Å². The number of ether oxygens (including phenoxy) is 2. The maximum absolute atomic E-state index is 5.84. The van der Waals surface area contributed by atoms with Crippen LogP contribution in [0.1, 0.15) is 24.6 Å². The van der Waals surface area contributed by atoms with Gasteiger partial charge in [-0.05, 0) is 25.1 Å². The minimum Gasteiger partial charge on any atom is -0.472 e. The molecule has 1 aliphatic rings. The van der Waals surface area contributed by atoms with Gasteiger partial charge in [-0.3, -0.25) is 0 Å². The fourth-order valence-corrected chi connectivity index (χ4v) is 1.94. The number of aryl methyl sites for hydroxylation is 1. The van der Waals surface area contributed by atoms with Crippen LogP contribution in [0.5, 0.6) is 5.88 Å². The van der Waals surface area contributed by atoms with Gasteiger partial charge >= 0.3 is 0 Å². The lowest BCUT2D eigenvalue weighted by Gasteiger charge is -2.13. The predicted molar refractivity (Wildman–Crippen MR) is 66.2 cm³/mol. The van der Waals surface area contributed by atoms with Crippen LogP contribution in [-0.4, -0.2) is 31.3 Å². The molecule has 2 rings (SSSR count). The zero-order valence-corrected chi connectivity index (χ0v) is 10.5. The van der Waals surface area contributed by atoms with Crippen molar-refractivity contribution in [1.82, 2.24) is 10.3 Å². The Kier molecular flexibility index (Phi) is 4.34. The number of rotatable bonds is 5. The predicted octanol–water partition coefficient (Wildman–Crippen LogP) is 1.53. The van der Waals surface area contributed by atoms with Crippen molar-refractivity contribution in [1.29, 1.82) is 0 Å². The second-order valence-corrected chi connectivity index (χ2v) is 4.29. The van der Waals surface area contributed by atoms with E-state index < -0.39 is 0 Å². The highest BCUT2D eigenvalue weighted by Gasteiger charge is 2.18. The van der Waals surface area contributed by atoms with Crippen molar-refractivity contribution in [2.75, 3.05) is 20.3 Å². The molecular formula is C13H20N2O2. The van der Waals surface area contributed by atoms with Gasteiger partial charge < -0.3 is 14.8 Å². The first kappa shape index (κ1) is 12.3. The molecule has 0 aliphatic carbocycles. The molecule has 0 bridgehead atoms. The topological polar surface area (TPSA) is 43.4 Å². The van der Waals surface area contributed by atoms with E-state index in [1.807, 2.05) is 13.1 Å². The number of aromatic nitrogens is 1. The van der Waals surface area contributed by atoms with E-state index in [1.54, 1.807) is 0 Å². The van der Waals surface area contributed by atoms with Crippen LogP contribution in [0.3, 0.4) is 0 Å². The molecule has 0 amide bonds. The van der Waals surface area contributed by atoms with Crippen LogP contribution in [0, 0.1) is 0 Å². The van der Waals surface area contributed by atoms with Crippen LogP contribution in [0.25, 0.3) is 0 Å². The summed E-state index contributed by atoms with van der Waals surface area (Å²) in [5, 5.41) is 3.15. The summed E-state index contributed by atoms with van der Waals surface area (Å²) in [6.45, 7) is 4.42. The minimum atomic E-state index is 0.164. The lowest BCUT2D eigenvalue weighted by molar-refractivity contribution is 0.138. The lowest BCUT2D eigenvalue weighted by atomic mass is 10.2. The van der Waals surface area contributed by atoms with E-state index in [-0.39, 0.29) is 6.10 Å². The molecule has 1 atom stereocenters. The lowest BCUT2D eigenvalue weighted by Crippen LogP contribution is -2.17. The molecule has 2 heterocycles. The van der Waals surface area contributed by atoms with Crippen molar-refractivity contribution < 1.29 is 9.47 Å². The minimum absolute atomic E-state index is 0.164. The Morgan fingerprint density at radius 1 is 1.53 bits per heavy atom. The zero-order chi connectivity index (χ0) is 12.1. The molecule has 0 spiro atoms. The standard InChI is InChI=1S/C13H20N2O2/c1-3-11-6-10(8-14-2)7-13(15-11)17-12-4-5-16-9-12/h6-7,12,14H,3-5,8-9H2,1-2H3. The van der Waals surface area contributed by atoms with Gasteiger partial charge in [-0.25, -0.2) is 4.98 Å². The monoisotopic (exact) mass is 236 g/mol. The third kappa shape index (κ3) is 3.41. The molecule has 1 aromatic rings. The van der Waals surface area contributed by atoms with E-state index >= 15 is 0 Å². The summed E-state index contributed by atoms with van der Waals surface area (Å²) < 4.78 is 11.1. The molecule has 0 aromatic carbocycles. The van der Waals surface area contributed by atoms with E-state index in [2.05, 4.69) is 23.3 Å². The van der Waals surface area contributed by atoms with Crippen LogP contribution in [0.15, 0.2) is 12.1 Å². The van der Waals surface area contributed by atoms with Crippen molar-refractivity contribution >= 4 is 0 Å². The average Bonchev–Trinajstić information content (AvgIpc) is 2.82. The Hall–Kier alpha value is -1.13. The number of nitrogens with zero attached hydrogens (tertiary/aromatic N) is 1. The van der Waals surface area contributed by atoms with Crippen molar-refractivity contribution in [2.24, 2.45) is 0 Å². The molecule has 1 unspecified atom stereocenters. The highest BCUT2D eigenvalue weighted by atomic mass is 16.5. The molecule has 0 radical (unpaired) electrons. The average molecular weight is 236 g/mol. The molecule has 1 aromatic heterocycles. The first-order valence-corrected chi connectivity index (χ1v) is 6.20. The number of nitrogens with one attached hydrogen (secondary N) is 1. The van der Waals surface area contributed by atoms with Crippen molar-refractivity contribution in [3.63, 3.8) is 0 Å². The largest absolute Gasteiger partial charge is 0.472 e. The molecule has 94 valence electrons. The van der Waals surface area contributed by atoms with Gasteiger partial charge in [-0.1, -0.05) is 6.92 Å². The van der Waals surface area contributed by atoms with E-state index in [4.69, 9.17) is 9.47 Å². The molecule has 0 saturated carbocycles. The molecule has 1 fully saturated rings. The molecule has 1 aliphatic heterocycles. The van der Waals surface area contributed by atoms with Crippen LogP contribution in [0.2, 0.25) is 0 Å². The van der Waals surface area contributed by atoms with Gasteiger partial charge in [0.2, 0.25) is 5.88 Å². The van der Waals surface area contributed by atoms with Gasteiger partial charge in [0, 0.05) is 24.7 Å². The van der Waals surface area contributed by atoms with Gasteiger partial charge in [0.1, 0.15) is 6.10 Å². The Morgan fingerprint density at radius 2 is 2.41 bits per heavy atom. The van der Waals surface area contributed by atoms with Crippen molar-refractivity contribution in [2.45, 2.75) is 32.4 Å². The van der Waals surface area contributed by atoms with E-state index in [0.29, 0.717) is 6.61 Å². The summed E-state index contributed by atoms with van der Waals surface area (Å²) in [7, 11) is 1.94. The van der Waals surface area contributed by atoms with Gasteiger partial charge in [0.05, 0.1) is 13.2 Å². The number of pyridine rings is 1. The van der Waals surface area contributed by atoms with Gasteiger partial charge in [-0.2, -0.15) is 0 Å². The zero-order valence-electron chi connectivity index (χ0n) is 10.5. The summed E-state index contributed by atoms with van der Waals surface area (Å²) >= 11 is 0. The molecule has 4 nitrogen and oxygen atoms in total. The highest BCUT2D eigenvalue weighted by molar-refractivity contribution is 5.25. The summed E-state index contributed by atoms with van der Waals surface area (Å²) in [5.41, 5.74) is 2.29. The van der Waals surface area contributed by atoms with Crippen molar-refractivity contribution in [3.8, 4) is 5.88 Å².